The van der Waals surface area contributed by atoms with Gasteiger partial charge in [0.25, 0.3) is 5.91 Å². The fourth-order valence-electron chi connectivity index (χ4n) is 4.08. The summed E-state index contributed by atoms with van der Waals surface area (Å²) in [5.74, 6) is 0.491. The molecule has 0 radical (unpaired) electrons. The number of carbonyl (C=O) groups excluding carboxylic acids is 1. The molecule has 6 heteroatoms. The molecule has 2 aromatic carbocycles. The first-order valence-electron chi connectivity index (χ1n) is 11.1. The van der Waals surface area contributed by atoms with Gasteiger partial charge in [-0.2, -0.15) is 0 Å². The summed E-state index contributed by atoms with van der Waals surface area (Å²) < 4.78 is 16.6. The van der Waals surface area contributed by atoms with Crippen molar-refractivity contribution in [2.24, 2.45) is 0 Å². The van der Waals surface area contributed by atoms with Crippen LogP contribution in [0, 0.1) is 0 Å². The molecular weight excluding hydrogens is 404 g/mol. The molecule has 1 N–H and O–H groups in total. The number of amides is 1. The number of nitrogens with one attached hydrogen (secondary N) is 1. The van der Waals surface area contributed by atoms with Crippen LogP contribution in [0.2, 0.25) is 0 Å². The average Bonchev–Trinajstić information content (AvgIpc) is 3.39. The molecule has 32 heavy (non-hydrogen) atoms. The standard InChI is InChI=1S/C26H30N2O4/c1-3-30-13-14-31-18-20-7-6-9-22(16-20)27-26(29)23-11-12-32-25(23)17-28-19(2)15-21-8-4-5-10-24(21)28/h4-12,16,19H,3,13-15,17-18H2,1-2H3,(H,27,29). The van der Waals surface area contributed by atoms with Crippen molar-refractivity contribution >= 4 is 17.3 Å². The van der Waals surface area contributed by atoms with Crippen LogP contribution in [0.5, 0.6) is 0 Å². The lowest BCUT2D eigenvalue weighted by atomic mass is 10.1. The third kappa shape index (κ3) is 5.21. The SMILES string of the molecule is CCOCCOCc1cccc(NC(=O)c2ccoc2CN2c3ccccc3CC2C)c1. The highest BCUT2D eigenvalue weighted by Gasteiger charge is 2.28. The quantitative estimate of drug-likeness (QED) is 0.453. The highest BCUT2D eigenvalue weighted by molar-refractivity contribution is 6.05. The van der Waals surface area contributed by atoms with Crippen molar-refractivity contribution in [3.63, 3.8) is 0 Å². The Morgan fingerprint density at radius 3 is 2.84 bits per heavy atom. The number of carbonyl (C=O) groups is 1. The van der Waals surface area contributed by atoms with Crippen LogP contribution in [-0.4, -0.2) is 31.8 Å². The summed E-state index contributed by atoms with van der Waals surface area (Å²) in [6.07, 6.45) is 2.58. The van der Waals surface area contributed by atoms with E-state index < -0.39 is 0 Å². The zero-order valence-electron chi connectivity index (χ0n) is 18.7. The Morgan fingerprint density at radius 1 is 1.12 bits per heavy atom. The average molecular weight is 435 g/mol. The normalized spacial score (nSPS) is 15.1. The smallest absolute Gasteiger partial charge is 0.259 e. The van der Waals surface area contributed by atoms with Crippen molar-refractivity contribution in [2.75, 3.05) is 30.0 Å². The summed E-state index contributed by atoms with van der Waals surface area (Å²) >= 11 is 0. The third-order valence-corrected chi connectivity index (χ3v) is 5.68. The largest absolute Gasteiger partial charge is 0.467 e. The maximum Gasteiger partial charge on any atom is 0.259 e. The molecule has 1 aliphatic heterocycles. The molecule has 0 spiro atoms. The van der Waals surface area contributed by atoms with Crippen LogP contribution in [0.15, 0.2) is 65.3 Å². The zero-order chi connectivity index (χ0) is 22.3. The molecule has 1 aliphatic rings. The second kappa shape index (κ2) is 10.5. The van der Waals surface area contributed by atoms with E-state index in [2.05, 4.69) is 35.3 Å². The van der Waals surface area contributed by atoms with Crippen LogP contribution < -0.4 is 10.2 Å². The number of ether oxygens (including phenoxy) is 2. The Bertz CT molecular complexity index is 1050. The Balaban J connectivity index is 1.39. The van der Waals surface area contributed by atoms with E-state index in [9.17, 15) is 4.79 Å². The molecule has 4 rings (SSSR count). The Morgan fingerprint density at radius 2 is 1.97 bits per heavy atom. The summed E-state index contributed by atoms with van der Waals surface area (Å²) in [6, 6.07) is 18.2. The minimum Gasteiger partial charge on any atom is -0.467 e. The number of nitrogens with zero attached hydrogens (tertiary/aromatic N) is 1. The summed E-state index contributed by atoms with van der Waals surface area (Å²) in [6.45, 7) is 7.00. The van der Waals surface area contributed by atoms with E-state index in [1.54, 1.807) is 12.3 Å². The van der Waals surface area contributed by atoms with Gasteiger partial charge in [-0.3, -0.25) is 4.79 Å². The zero-order valence-corrected chi connectivity index (χ0v) is 18.7. The van der Waals surface area contributed by atoms with Crippen molar-refractivity contribution in [3.05, 3.63) is 83.3 Å². The van der Waals surface area contributed by atoms with Crippen molar-refractivity contribution < 1.29 is 18.7 Å². The number of hydrogen-bond acceptors (Lipinski definition) is 5. The minimum absolute atomic E-state index is 0.178. The first-order valence-corrected chi connectivity index (χ1v) is 11.1. The number of fused-ring (bicyclic) bond motifs is 1. The van der Waals surface area contributed by atoms with Gasteiger partial charge >= 0.3 is 0 Å². The van der Waals surface area contributed by atoms with E-state index in [1.165, 1.54) is 11.3 Å². The molecule has 3 aromatic rings. The number of rotatable bonds is 10. The van der Waals surface area contributed by atoms with Crippen molar-refractivity contribution in [1.29, 1.82) is 0 Å². The number of benzene rings is 2. The van der Waals surface area contributed by atoms with Crippen molar-refractivity contribution in [3.8, 4) is 0 Å². The molecule has 0 bridgehead atoms. The summed E-state index contributed by atoms with van der Waals surface area (Å²) in [4.78, 5) is 15.3. The Kier molecular flexibility index (Phi) is 7.24. The number of furan rings is 1. The van der Waals surface area contributed by atoms with E-state index in [0.29, 0.717) is 50.3 Å². The van der Waals surface area contributed by atoms with Crippen LogP contribution in [0.3, 0.4) is 0 Å². The highest BCUT2D eigenvalue weighted by atomic mass is 16.5. The predicted molar refractivity (Wildman–Crippen MR) is 125 cm³/mol. The Labute approximate surface area is 189 Å². The van der Waals surface area contributed by atoms with Gasteiger partial charge in [0, 0.05) is 24.0 Å². The molecule has 0 saturated heterocycles. The number of hydrogen-bond donors (Lipinski definition) is 1. The monoisotopic (exact) mass is 434 g/mol. The summed E-state index contributed by atoms with van der Waals surface area (Å²) in [7, 11) is 0. The summed E-state index contributed by atoms with van der Waals surface area (Å²) in [5, 5.41) is 2.99. The maximum atomic E-state index is 13.0. The van der Waals surface area contributed by atoms with Crippen molar-refractivity contribution in [1.82, 2.24) is 0 Å². The van der Waals surface area contributed by atoms with Crippen LogP contribution in [-0.2, 0) is 29.0 Å². The van der Waals surface area contributed by atoms with E-state index >= 15 is 0 Å². The fourth-order valence-corrected chi connectivity index (χ4v) is 4.08. The topological polar surface area (TPSA) is 63.9 Å². The van der Waals surface area contributed by atoms with Gasteiger partial charge < -0.3 is 24.1 Å². The molecule has 1 aromatic heterocycles. The van der Waals surface area contributed by atoms with E-state index in [1.807, 2.05) is 37.3 Å². The van der Waals surface area contributed by atoms with E-state index in [-0.39, 0.29) is 5.91 Å². The number of anilines is 2. The maximum absolute atomic E-state index is 13.0. The molecule has 168 valence electrons. The molecule has 0 saturated carbocycles. The van der Waals surface area contributed by atoms with Crippen molar-refractivity contribution in [2.45, 2.75) is 39.5 Å². The molecule has 0 aliphatic carbocycles. The van der Waals surface area contributed by atoms with Crippen LogP contribution in [0.25, 0.3) is 0 Å². The third-order valence-electron chi connectivity index (χ3n) is 5.68. The fraction of sp³-hybridized carbons (Fsp3) is 0.346. The second-order valence-electron chi connectivity index (χ2n) is 7.97. The van der Waals surface area contributed by atoms with E-state index in [0.717, 1.165) is 17.7 Å². The van der Waals surface area contributed by atoms with Gasteiger partial charge in [-0.1, -0.05) is 30.3 Å². The van der Waals surface area contributed by atoms with E-state index in [4.69, 9.17) is 13.9 Å². The van der Waals surface area contributed by atoms with Gasteiger partial charge in [0.1, 0.15) is 5.76 Å². The lowest BCUT2D eigenvalue weighted by Crippen LogP contribution is -2.29. The minimum atomic E-state index is -0.178. The highest BCUT2D eigenvalue weighted by Crippen LogP contribution is 2.33. The molecule has 1 unspecified atom stereocenters. The van der Waals surface area contributed by atoms with Crippen LogP contribution >= 0.6 is 0 Å². The summed E-state index contributed by atoms with van der Waals surface area (Å²) in [5.41, 5.74) is 4.82. The molecule has 1 atom stereocenters. The van der Waals surface area contributed by atoms with Gasteiger partial charge in [0.15, 0.2) is 0 Å². The molecule has 2 heterocycles. The first-order chi connectivity index (χ1) is 15.7. The molecule has 0 fully saturated rings. The molecule has 6 nitrogen and oxygen atoms in total. The van der Waals surface area contributed by atoms with Gasteiger partial charge in [0.2, 0.25) is 0 Å². The molecular formula is C26H30N2O4. The van der Waals surface area contributed by atoms with Gasteiger partial charge in [-0.15, -0.1) is 0 Å². The molecule has 1 amide bonds. The van der Waals surface area contributed by atoms with Gasteiger partial charge in [-0.25, -0.2) is 0 Å². The second-order valence-corrected chi connectivity index (χ2v) is 7.97. The van der Waals surface area contributed by atoms with Crippen LogP contribution in [0.4, 0.5) is 11.4 Å². The first kappa shape index (κ1) is 22.1. The lowest BCUT2D eigenvalue weighted by molar-refractivity contribution is 0.0453. The van der Waals surface area contributed by atoms with Gasteiger partial charge in [-0.05, 0) is 55.7 Å². The van der Waals surface area contributed by atoms with Crippen LogP contribution in [0.1, 0.15) is 41.1 Å². The number of para-hydroxylation sites is 1. The Hall–Kier alpha value is -3.09. The van der Waals surface area contributed by atoms with Gasteiger partial charge in [0.05, 0.1) is 38.2 Å². The predicted octanol–water partition coefficient (Wildman–Crippen LogP) is 5.04. The lowest BCUT2D eigenvalue weighted by Gasteiger charge is -2.24.